The summed E-state index contributed by atoms with van der Waals surface area (Å²) in [6.07, 6.45) is 3.90. The molecule has 15 heteroatoms. The van der Waals surface area contributed by atoms with E-state index in [0.29, 0.717) is 48.3 Å². The summed E-state index contributed by atoms with van der Waals surface area (Å²) < 4.78 is 5.28. The Morgan fingerprint density at radius 2 is 1.66 bits per heavy atom. The lowest BCUT2D eigenvalue weighted by atomic mass is 9.92. The molecule has 0 aliphatic carbocycles. The predicted molar refractivity (Wildman–Crippen MR) is 147 cm³/mol. The molecule has 1 aliphatic heterocycles. The van der Waals surface area contributed by atoms with E-state index in [4.69, 9.17) is 30.7 Å². The summed E-state index contributed by atoms with van der Waals surface area (Å²) in [5.41, 5.74) is 9.53. The number of nitrogens with two attached hydrogens (primary N) is 1. The summed E-state index contributed by atoms with van der Waals surface area (Å²) in [7, 11) is 0. The number of aliphatic carboxylic acids is 4. The van der Waals surface area contributed by atoms with Gasteiger partial charge >= 0.3 is 23.9 Å². The molecule has 1 atom stereocenters. The van der Waals surface area contributed by atoms with Crippen molar-refractivity contribution in [1.29, 1.82) is 0 Å². The maximum absolute atomic E-state index is 9.55. The maximum atomic E-state index is 9.55. The minimum Gasteiger partial charge on any atom is -0.478 e. The molecule has 0 fully saturated rings. The van der Waals surface area contributed by atoms with Crippen molar-refractivity contribution in [3.63, 3.8) is 0 Å². The number of fused-ring (bicyclic) bond motifs is 1. The van der Waals surface area contributed by atoms with E-state index in [1.807, 2.05) is 30.5 Å². The van der Waals surface area contributed by atoms with Crippen LogP contribution in [0.3, 0.4) is 0 Å². The smallest absolute Gasteiger partial charge is 0.328 e. The minimum atomic E-state index is -1.26. The van der Waals surface area contributed by atoms with Crippen LogP contribution in [0.25, 0.3) is 0 Å². The second kappa shape index (κ2) is 16.1. The van der Waals surface area contributed by atoms with Crippen molar-refractivity contribution in [1.82, 2.24) is 15.5 Å². The quantitative estimate of drug-likeness (QED) is 0.126. The number of nitrogens with zero attached hydrogens (tertiary/aromatic N) is 3. The van der Waals surface area contributed by atoms with Crippen LogP contribution >= 0.6 is 11.3 Å². The van der Waals surface area contributed by atoms with E-state index >= 15 is 0 Å². The van der Waals surface area contributed by atoms with Crippen molar-refractivity contribution < 1.29 is 44.1 Å². The summed E-state index contributed by atoms with van der Waals surface area (Å²) in [4.78, 5) is 48.1. The molecule has 3 heterocycles. The second-order valence-electron chi connectivity index (χ2n) is 8.07. The van der Waals surface area contributed by atoms with Gasteiger partial charge in [0.15, 0.2) is 5.82 Å². The number of rotatable bonds is 8. The van der Waals surface area contributed by atoms with E-state index in [1.165, 1.54) is 11.1 Å². The number of aryl methyl sites for hydroxylation is 1. The van der Waals surface area contributed by atoms with Crippen LogP contribution in [0.4, 0.5) is 5.69 Å². The molecule has 1 aliphatic rings. The third-order valence-corrected chi connectivity index (χ3v) is 5.89. The van der Waals surface area contributed by atoms with Gasteiger partial charge in [-0.15, -0.1) is 11.3 Å². The summed E-state index contributed by atoms with van der Waals surface area (Å²) >= 11 is 1.59. The van der Waals surface area contributed by atoms with E-state index in [0.717, 1.165) is 23.5 Å². The molecule has 3 aromatic rings. The van der Waals surface area contributed by atoms with Gasteiger partial charge < -0.3 is 36.0 Å². The number of aromatic nitrogens is 2. The van der Waals surface area contributed by atoms with Gasteiger partial charge in [-0.3, -0.25) is 0 Å². The number of hydrogen-bond acceptors (Lipinski definition) is 10. The van der Waals surface area contributed by atoms with Gasteiger partial charge in [-0.2, -0.15) is 4.98 Å². The van der Waals surface area contributed by atoms with Crippen LogP contribution in [0.15, 0.2) is 69.5 Å². The number of carboxylic acids is 4. The topological polar surface area (TPSA) is 239 Å². The zero-order chi connectivity index (χ0) is 30.4. The van der Waals surface area contributed by atoms with Crippen LogP contribution in [-0.4, -0.2) is 66.8 Å². The Morgan fingerprint density at radius 3 is 2.15 bits per heavy atom. The number of aliphatic imine (C=N–C) groups is 1. The molecule has 41 heavy (non-hydrogen) atoms. The number of amidine groups is 1. The number of hydrogen-bond donors (Lipinski definition) is 6. The van der Waals surface area contributed by atoms with Gasteiger partial charge in [-0.25, -0.2) is 24.2 Å². The summed E-state index contributed by atoms with van der Waals surface area (Å²) in [6, 6.07) is 10.4. The van der Waals surface area contributed by atoms with Crippen molar-refractivity contribution in [2.24, 2.45) is 10.7 Å². The van der Waals surface area contributed by atoms with Gasteiger partial charge in [0.25, 0.3) is 0 Å². The Balaban J connectivity index is 0.000000304. The number of carboxylic acid groups (broad SMARTS) is 4. The molecule has 0 amide bonds. The third kappa shape index (κ3) is 12.1. The van der Waals surface area contributed by atoms with Crippen LogP contribution in [0.1, 0.15) is 33.8 Å². The Bertz CT molecular complexity index is 1380. The van der Waals surface area contributed by atoms with Crippen LogP contribution in [0.5, 0.6) is 0 Å². The van der Waals surface area contributed by atoms with Gasteiger partial charge in [-0.05, 0) is 54.6 Å². The van der Waals surface area contributed by atoms with Gasteiger partial charge in [0.05, 0.1) is 10.6 Å². The largest absolute Gasteiger partial charge is 0.478 e. The molecule has 0 spiro atoms. The Morgan fingerprint density at radius 1 is 1.05 bits per heavy atom. The van der Waals surface area contributed by atoms with E-state index in [1.54, 1.807) is 11.3 Å². The fraction of sp³-hybridized carbons (Fsp3) is 0.192. The van der Waals surface area contributed by atoms with Gasteiger partial charge in [0.2, 0.25) is 5.89 Å². The first-order chi connectivity index (χ1) is 19.4. The number of benzene rings is 1. The Hall–Kier alpha value is -5.15. The fourth-order valence-corrected chi connectivity index (χ4v) is 4.01. The zero-order valence-corrected chi connectivity index (χ0v) is 22.4. The summed E-state index contributed by atoms with van der Waals surface area (Å²) in [5.74, 6) is -3.18. The summed E-state index contributed by atoms with van der Waals surface area (Å²) in [6.45, 7) is 2.76. The van der Waals surface area contributed by atoms with Crippen molar-refractivity contribution in [3.05, 3.63) is 87.7 Å². The van der Waals surface area contributed by atoms with Crippen LogP contribution in [0.2, 0.25) is 0 Å². The monoisotopic (exact) mass is 585 g/mol. The highest BCUT2D eigenvalue weighted by Gasteiger charge is 2.22. The molecule has 14 nitrogen and oxygen atoms in total. The Labute approximate surface area is 237 Å². The van der Waals surface area contributed by atoms with Crippen molar-refractivity contribution in [2.75, 3.05) is 6.54 Å². The maximum Gasteiger partial charge on any atom is 0.328 e. The first kappa shape index (κ1) is 32.1. The summed E-state index contributed by atoms with van der Waals surface area (Å²) in [5, 5.41) is 40.7. The van der Waals surface area contributed by atoms with Gasteiger partial charge in [-0.1, -0.05) is 17.3 Å². The third-order valence-electron chi connectivity index (χ3n) is 5.00. The lowest BCUT2D eigenvalue weighted by molar-refractivity contribution is -0.134. The normalized spacial score (nSPS) is 14.4. The lowest BCUT2D eigenvalue weighted by Gasteiger charge is -2.26. The number of carbonyl (C=O) groups is 4. The molecule has 216 valence electrons. The van der Waals surface area contributed by atoms with E-state index in [9.17, 15) is 19.2 Å². The molecule has 7 N–H and O–H groups in total. The Kier molecular flexibility index (Phi) is 12.6. The first-order valence-corrected chi connectivity index (χ1v) is 12.6. The van der Waals surface area contributed by atoms with E-state index in [-0.39, 0.29) is 6.04 Å². The van der Waals surface area contributed by atoms with Crippen molar-refractivity contribution in [2.45, 2.75) is 25.8 Å². The van der Waals surface area contributed by atoms with Crippen molar-refractivity contribution >= 4 is 46.7 Å². The van der Waals surface area contributed by atoms with Crippen molar-refractivity contribution in [3.8, 4) is 0 Å². The second-order valence-corrected chi connectivity index (χ2v) is 9.02. The van der Waals surface area contributed by atoms with Gasteiger partial charge in [0.1, 0.15) is 5.84 Å². The first-order valence-electron chi connectivity index (χ1n) is 11.8. The number of thiophene rings is 1. The number of nitrogens with one attached hydrogen (secondary N) is 1. The van der Waals surface area contributed by atoms with E-state index < -0.39 is 23.9 Å². The lowest BCUT2D eigenvalue weighted by Crippen LogP contribution is -2.31. The molecule has 1 aromatic carbocycles. The van der Waals surface area contributed by atoms with Crippen LogP contribution < -0.4 is 11.1 Å². The molecule has 4 rings (SSSR count). The zero-order valence-electron chi connectivity index (χ0n) is 21.6. The highest BCUT2D eigenvalue weighted by atomic mass is 32.1. The molecule has 1 unspecified atom stereocenters. The highest BCUT2D eigenvalue weighted by molar-refractivity contribution is 7.12. The minimum absolute atomic E-state index is 0.140. The molecular formula is C26H27N5O9S. The predicted octanol–water partition coefficient (Wildman–Crippen LogP) is 2.33. The molecule has 0 saturated heterocycles. The molecule has 0 saturated carbocycles. The SMILES string of the molecule is Cc1noc(CC2NCCc3ccc(N=C(N)c4cccs4)cc32)n1.O=C(O)/C=C\C(=O)O.O=C(O)/C=C\C(=O)O. The van der Waals surface area contributed by atoms with Crippen LogP contribution in [0, 0.1) is 6.92 Å². The average Bonchev–Trinajstić information content (AvgIpc) is 3.60. The standard InChI is InChI=1S/C18H19N5OS.2C4H4O4/c1-11-21-17(24-23-11)10-15-14-9-13(5-4-12(14)6-7-20-15)22-18(19)16-3-2-8-25-16;2*5-3(6)1-2-4(7)8/h2-5,8-9,15,20H,6-7,10H2,1H3,(H2,19,22);2*1-2H,(H,5,6)(H,7,8)/b;2*2-1-. The highest BCUT2D eigenvalue weighted by Crippen LogP contribution is 2.29. The fourth-order valence-electron chi connectivity index (χ4n) is 3.38. The van der Waals surface area contributed by atoms with Gasteiger partial charge in [0, 0.05) is 36.8 Å². The van der Waals surface area contributed by atoms with E-state index in [2.05, 4.69) is 32.6 Å². The molecular weight excluding hydrogens is 558 g/mol. The molecule has 0 radical (unpaired) electrons. The molecule has 0 bridgehead atoms. The van der Waals surface area contributed by atoms with Crippen LogP contribution in [-0.2, 0) is 32.0 Å². The average molecular weight is 586 g/mol. The molecule has 2 aromatic heterocycles.